The predicted molar refractivity (Wildman–Crippen MR) is 78.1 cm³/mol. The molecular weight excluding hydrogens is 252 g/mol. The first-order valence-corrected chi connectivity index (χ1v) is 7.16. The Hall–Kier alpha value is -1.64. The normalized spacial score (nSPS) is 21.8. The fourth-order valence-electron chi connectivity index (χ4n) is 3.13. The molecular formula is C17H22O3. The van der Waals surface area contributed by atoms with Crippen LogP contribution in [0.15, 0.2) is 12.1 Å². The molecule has 3 heteroatoms. The maximum absolute atomic E-state index is 12.3. The van der Waals surface area contributed by atoms with Gasteiger partial charge in [-0.05, 0) is 41.5 Å². The molecule has 1 aliphatic rings. The van der Waals surface area contributed by atoms with Gasteiger partial charge in [-0.2, -0.15) is 0 Å². The van der Waals surface area contributed by atoms with E-state index in [0.29, 0.717) is 18.0 Å². The number of esters is 1. The van der Waals surface area contributed by atoms with E-state index in [1.165, 1.54) is 6.92 Å². The second-order valence-electron chi connectivity index (χ2n) is 6.13. The van der Waals surface area contributed by atoms with E-state index in [9.17, 15) is 9.59 Å². The molecule has 2 atom stereocenters. The Labute approximate surface area is 120 Å². The molecule has 1 aliphatic carbocycles. The monoisotopic (exact) mass is 274 g/mol. The number of hydrogen-bond donors (Lipinski definition) is 0. The highest BCUT2D eigenvalue weighted by atomic mass is 16.5. The van der Waals surface area contributed by atoms with E-state index in [1.54, 1.807) is 0 Å². The van der Waals surface area contributed by atoms with Crippen molar-refractivity contribution < 1.29 is 14.3 Å². The van der Waals surface area contributed by atoms with Gasteiger partial charge in [0.1, 0.15) is 11.5 Å². The van der Waals surface area contributed by atoms with Gasteiger partial charge in [-0.15, -0.1) is 0 Å². The van der Waals surface area contributed by atoms with Gasteiger partial charge < -0.3 is 4.74 Å². The van der Waals surface area contributed by atoms with Gasteiger partial charge in [0.05, 0.1) is 0 Å². The smallest absolute Gasteiger partial charge is 0.308 e. The number of fused-ring (bicyclic) bond motifs is 1. The largest absolute Gasteiger partial charge is 0.426 e. The summed E-state index contributed by atoms with van der Waals surface area (Å²) in [4.78, 5) is 23.5. The molecule has 0 fully saturated rings. The molecule has 2 rings (SSSR count). The Morgan fingerprint density at radius 1 is 1.30 bits per heavy atom. The third kappa shape index (κ3) is 2.62. The molecule has 0 N–H and O–H groups in total. The lowest BCUT2D eigenvalue weighted by Gasteiger charge is -2.32. The molecule has 0 radical (unpaired) electrons. The number of carbonyl (C=O) groups is 2. The quantitative estimate of drug-likeness (QED) is 0.609. The van der Waals surface area contributed by atoms with Gasteiger partial charge in [-0.1, -0.05) is 26.8 Å². The molecule has 20 heavy (non-hydrogen) atoms. The number of hydrogen-bond acceptors (Lipinski definition) is 3. The van der Waals surface area contributed by atoms with E-state index in [2.05, 4.69) is 20.8 Å². The van der Waals surface area contributed by atoms with Crippen LogP contribution in [-0.4, -0.2) is 11.8 Å². The second-order valence-corrected chi connectivity index (χ2v) is 6.13. The van der Waals surface area contributed by atoms with Crippen molar-refractivity contribution in [3.8, 4) is 5.75 Å². The molecule has 0 bridgehead atoms. The number of ether oxygens (including phenoxy) is 1. The Balaban J connectivity index is 2.55. The average Bonchev–Trinajstić information content (AvgIpc) is 2.30. The van der Waals surface area contributed by atoms with Crippen molar-refractivity contribution in [1.29, 1.82) is 0 Å². The van der Waals surface area contributed by atoms with Gasteiger partial charge in [-0.3, -0.25) is 9.59 Å². The van der Waals surface area contributed by atoms with Crippen LogP contribution in [0.1, 0.15) is 62.6 Å². The Kier molecular flexibility index (Phi) is 3.98. The molecule has 0 saturated heterocycles. The molecule has 1 aromatic carbocycles. The van der Waals surface area contributed by atoms with Gasteiger partial charge in [-0.25, -0.2) is 0 Å². The minimum Gasteiger partial charge on any atom is -0.426 e. The maximum Gasteiger partial charge on any atom is 0.308 e. The van der Waals surface area contributed by atoms with E-state index in [-0.39, 0.29) is 23.7 Å². The summed E-state index contributed by atoms with van der Waals surface area (Å²) >= 11 is 0. The molecule has 0 aromatic heterocycles. The van der Waals surface area contributed by atoms with Crippen LogP contribution in [-0.2, 0) is 9.59 Å². The van der Waals surface area contributed by atoms with E-state index in [4.69, 9.17) is 4.74 Å². The molecule has 1 aromatic rings. The molecule has 0 amide bonds. The van der Waals surface area contributed by atoms with Gasteiger partial charge >= 0.3 is 5.97 Å². The van der Waals surface area contributed by atoms with Crippen LogP contribution >= 0.6 is 0 Å². The number of rotatable bonds is 2. The molecule has 2 unspecified atom stereocenters. The van der Waals surface area contributed by atoms with E-state index in [0.717, 1.165) is 16.7 Å². The fraction of sp³-hybridized carbons (Fsp3) is 0.529. The SMILES string of the molecule is CC(=O)Oc1cc2c(cc1C)C(C(C)C)C(=O)CC2C. The van der Waals surface area contributed by atoms with Crippen LogP contribution < -0.4 is 4.74 Å². The summed E-state index contributed by atoms with van der Waals surface area (Å²) in [6.07, 6.45) is 0.568. The van der Waals surface area contributed by atoms with Gasteiger partial charge in [0.25, 0.3) is 0 Å². The molecule has 108 valence electrons. The van der Waals surface area contributed by atoms with Crippen molar-refractivity contribution >= 4 is 11.8 Å². The molecule has 0 aliphatic heterocycles. The number of carbonyl (C=O) groups excluding carboxylic acids is 2. The minimum atomic E-state index is -0.312. The summed E-state index contributed by atoms with van der Waals surface area (Å²) in [5.41, 5.74) is 3.16. The Morgan fingerprint density at radius 2 is 1.95 bits per heavy atom. The van der Waals surface area contributed by atoms with Crippen molar-refractivity contribution in [2.24, 2.45) is 5.92 Å². The lowest BCUT2D eigenvalue weighted by molar-refractivity contribution is -0.132. The first-order chi connectivity index (χ1) is 9.31. The zero-order chi connectivity index (χ0) is 15.0. The number of benzene rings is 1. The fourth-order valence-corrected chi connectivity index (χ4v) is 3.13. The van der Waals surface area contributed by atoms with Crippen LogP contribution in [0, 0.1) is 12.8 Å². The zero-order valence-corrected chi connectivity index (χ0v) is 12.8. The molecule has 0 heterocycles. The highest BCUT2D eigenvalue weighted by molar-refractivity contribution is 5.89. The van der Waals surface area contributed by atoms with E-state index >= 15 is 0 Å². The number of Topliss-reactive ketones (excluding diaryl/α,β-unsaturated/α-hetero) is 1. The second kappa shape index (κ2) is 5.39. The number of aryl methyl sites for hydroxylation is 1. The van der Waals surface area contributed by atoms with Crippen molar-refractivity contribution in [2.45, 2.75) is 52.9 Å². The van der Waals surface area contributed by atoms with Crippen LogP contribution in [0.2, 0.25) is 0 Å². The third-order valence-electron chi connectivity index (χ3n) is 4.02. The van der Waals surface area contributed by atoms with Gasteiger partial charge in [0.15, 0.2) is 0 Å². The summed E-state index contributed by atoms with van der Waals surface area (Å²) in [5.74, 6) is 1.05. The molecule has 0 spiro atoms. The van der Waals surface area contributed by atoms with Crippen LogP contribution in [0.3, 0.4) is 0 Å². The number of ketones is 1. The maximum atomic E-state index is 12.3. The first-order valence-electron chi connectivity index (χ1n) is 7.16. The summed E-state index contributed by atoms with van der Waals surface area (Å²) in [7, 11) is 0. The molecule has 3 nitrogen and oxygen atoms in total. The summed E-state index contributed by atoms with van der Waals surface area (Å²) in [6.45, 7) is 9.54. The van der Waals surface area contributed by atoms with E-state index in [1.807, 2.05) is 19.1 Å². The van der Waals surface area contributed by atoms with Crippen molar-refractivity contribution in [2.75, 3.05) is 0 Å². The first kappa shape index (κ1) is 14.8. The lowest BCUT2D eigenvalue weighted by Crippen LogP contribution is -2.26. The zero-order valence-electron chi connectivity index (χ0n) is 12.8. The topological polar surface area (TPSA) is 43.4 Å². The lowest BCUT2D eigenvalue weighted by atomic mass is 9.72. The van der Waals surface area contributed by atoms with E-state index < -0.39 is 0 Å². The highest BCUT2D eigenvalue weighted by Crippen LogP contribution is 2.42. The van der Waals surface area contributed by atoms with Gasteiger partial charge in [0, 0.05) is 19.3 Å². The van der Waals surface area contributed by atoms with Crippen LogP contribution in [0.5, 0.6) is 5.75 Å². The van der Waals surface area contributed by atoms with Crippen molar-refractivity contribution in [3.05, 3.63) is 28.8 Å². The summed E-state index contributed by atoms with van der Waals surface area (Å²) in [6, 6.07) is 3.96. The van der Waals surface area contributed by atoms with Crippen LogP contribution in [0.4, 0.5) is 0 Å². The average molecular weight is 274 g/mol. The molecule has 0 saturated carbocycles. The Morgan fingerprint density at radius 3 is 2.50 bits per heavy atom. The van der Waals surface area contributed by atoms with Crippen LogP contribution in [0.25, 0.3) is 0 Å². The predicted octanol–water partition coefficient (Wildman–Crippen LogP) is 3.74. The van der Waals surface area contributed by atoms with Crippen molar-refractivity contribution in [1.82, 2.24) is 0 Å². The highest BCUT2D eigenvalue weighted by Gasteiger charge is 2.34. The Bertz CT molecular complexity index is 558. The van der Waals surface area contributed by atoms with Crippen molar-refractivity contribution in [3.63, 3.8) is 0 Å². The third-order valence-corrected chi connectivity index (χ3v) is 4.02. The van der Waals surface area contributed by atoms with Gasteiger partial charge in [0.2, 0.25) is 0 Å². The standard InChI is InChI=1S/C17H22O3/c1-9(2)17-14-6-11(4)16(20-12(5)18)8-13(14)10(3)7-15(17)19/h6,8-10,17H,7H2,1-5H3. The summed E-state index contributed by atoms with van der Waals surface area (Å²) in [5, 5.41) is 0. The summed E-state index contributed by atoms with van der Waals surface area (Å²) < 4.78 is 5.26. The minimum absolute atomic E-state index is 0.0359.